The fourth-order valence-corrected chi connectivity index (χ4v) is 5.65. The molecule has 1 aliphatic heterocycles. The highest BCUT2D eigenvalue weighted by Crippen LogP contribution is 2.56. The van der Waals surface area contributed by atoms with Crippen LogP contribution < -0.4 is 16.0 Å². The number of likely N-dealkylation sites (N-methyl/N-ethyl adjacent to an activating group) is 1. The number of anilines is 1. The van der Waals surface area contributed by atoms with E-state index in [0.717, 1.165) is 12.5 Å². The van der Waals surface area contributed by atoms with Crippen LogP contribution in [0.25, 0.3) is 0 Å². The Morgan fingerprint density at radius 1 is 1.17 bits per heavy atom. The summed E-state index contributed by atoms with van der Waals surface area (Å²) in [5.41, 5.74) is -0.620. The summed E-state index contributed by atoms with van der Waals surface area (Å²) in [7, 11) is 1.26. The van der Waals surface area contributed by atoms with Crippen molar-refractivity contribution in [3.05, 3.63) is 51.6 Å². The Balaban J connectivity index is 1.45. The summed E-state index contributed by atoms with van der Waals surface area (Å²) >= 11 is 5.80. The number of aromatic nitrogens is 1. The summed E-state index contributed by atoms with van der Waals surface area (Å²) in [6.45, 7) is 2.01. The molecule has 36 heavy (non-hydrogen) atoms. The molecular formula is C24H22ClF3N4O4. The Kier molecular flexibility index (Phi) is 5.47. The van der Waals surface area contributed by atoms with E-state index in [1.54, 1.807) is 4.57 Å². The van der Waals surface area contributed by atoms with Crippen molar-refractivity contribution in [2.24, 2.45) is 5.92 Å². The van der Waals surface area contributed by atoms with Crippen molar-refractivity contribution < 1.29 is 32.3 Å². The van der Waals surface area contributed by atoms with E-state index in [2.05, 4.69) is 16.0 Å². The van der Waals surface area contributed by atoms with Gasteiger partial charge in [0, 0.05) is 43.7 Å². The maximum absolute atomic E-state index is 13.6. The van der Waals surface area contributed by atoms with Gasteiger partial charge in [0.2, 0.25) is 5.91 Å². The Morgan fingerprint density at radius 2 is 1.86 bits per heavy atom. The molecule has 2 aliphatic carbocycles. The number of carbonyl (C=O) groups is 4. The average molecular weight is 523 g/mol. The van der Waals surface area contributed by atoms with Gasteiger partial charge in [-0.25, -0.2) is 13.2 Å². The molecule has 0 saturated heterocycles. The van der Waals surface area contributed by atoms with Crippen molar-refractivity contribution in [2.75, 3.05) is 12.4 Å². The number of nitrogens with zero attached hydrogens (tertiary/aromatic N) is 1. The first kappa shape index (κ1) is 24.4. The molecule has 0 bridgehead atoms. The molecule has 1 aromatic carbocycles. The molecule has 0 radical (unpaired) electrons. The molecule has 2 unspecified atom stereocenters. The van der Waals surface area contributed by atoms with Gasteiger partial charge in [0.05, 0.1) is 10.6 Å². The molecule has 2 aromatic rings. The molecular weight excluding hydrogens is 501 g/mol. The van der Waals surface area contributed by atoms with Crippen molar-refractivity contribution in [3.63, 3.8) is 0 Å². The van der Waals surface area contributed by atoms with E-state index in [4.69, 9.17) is 11.6 Å². The number of benzene rings is 1. The number of fused-ring (bicyclic) bond motifs is 3. The number of alkyl halides is 2. The molecule has 5 rings (SSSR count). The summed E-state index contributed by atoms with van der Waals surface area (Å²) in [6, 6.07) is 3.70. The lowest BCUT2D eigenvalue weighted by Gasteiger charge is -2.45. The molecule has 3 amide bonds. The number of nitrogens with one attached hydrogen (secondary N) is 3. The third kappa shape index (κ3) is 3.76. The fraction of sp³-hybridized carbons (Fsp3) is 0.417. The van der Waals surface area contributed by atoms with E-state index in [-0.39, 0.29) is 39.4 Å². The van der Waals surface area contributed by atoms with Gasteiger partial charge in [-0.2, -0.15) is 0 Å². The van der Waals surface area contributed by atoms with Crippen LogP contribution in [0.5, 0.6) is 0 Å². The van der Waals surface area contributed by atoms with Crippen LogP contribution in [0.15, 0.2) is 18.2 Å². The lowest BCUT2D eigenvalue weighted by Crippen LogP contribution is -2.69. The standard InChI is InChI=1S/C24H22ClF3N4O4/c1-10-16(19(33)21(35)31-23(22(36)29-2)8-24(27,28)9-23)18-13-5-11(13)7-32(18)17(10)20(34)30-12-3-4-15(26)14(25)6-12/h3-4,6,11,13H,5,7-9H2,1-2H3,(H,29,36)(H,30,34)(H,31,35). The first-order valence-corrected chi connectivity index (χ1v) is 11.7. The zero-order chi connectivity index (χ0) is 26.2. The van der Waals surface area contributed by atoms with Gasteiger partial charge in [0.25, 0.3) is 23.5 Å². The zero-order valence-electron chi connectivity index (χ0n) is 19.3. The summed E-state index contributed by atoms with van der Waals surface area (Å²) in [5, 5.41) is 6.95. The minimum absolute atomic E-state index is 0.00166. The Hall–Kier alpha value is -3.34. The van der Waals surface area contributed by atoms with Gasteiger partial charge in [-0.05, 0) is 43.0 Å². The lowest BCUT2D eigenvalue weighted by molar-refractivity contribution is -0.164. The normalized spacial score (nSPS) is 22.1. The molecule has 12 heteroatoms. The van der Waals surface area contributed by atoms with Crippen LogP contribution in [0.4, 0.5) is 18.9 Å². The fourth-order valence-electron chi connectivity index (χ4n) is 5.47. The maximum atomic E-state index is 13.6. The second-order valence-corrected chi connectivity index (χ2v) is 10.1. The summed E-state index contributed by atoms with van der Waals surface area (Å²) in [4.78, 5) is 51.7. The monoisotopic (exact) mass is 522 g/mol. The van der Waals surface area contributed by atoms with E-state index in [9.17, 15) is 32.3 Å². The van der Waals surface area contributed by atoms with E-state index in [1.165, 1.54) is 26.1 Å². The van der Waals surface area contributed by atoms with Crippen LogP contribution >= 0.6 is 11.6 Å². The lowest BCUT2D eigenvalue weighted by atomic mass is 9.72. The summed E-state index contributed by atoms with van der Waals surface area (Å²) < 4.78 is 42.4. The van der Waals surface area contributed by atoms with Crippen molar-refractivity contribution in [1.82, 2.24) is 15.2 Å². The molecule has 3 aliphatic rings. The predicted octanol–water partition coefficient (Wildman–Crippen LogP) is 3.17. The number of ketones is 1. The Bertz CT molecular complexity index is 1350. The van der Waals surface area contributed by atoms with Crippen LogP contribution in [-0.2, 0) is 16.1 Å². The minimum Gasteiger partial charge on any atom is -0.357 e. The van der Waals surface area contributed by atoms with Crippen molar-refractivity contribution in [1.29, 1.82) is 0 Å². The molecule has 2 saturated carbocycles. The number of rotatable bonds is 6. The number of Topliss-reactive ketones (excluding diaryl/α,β-unsaturated/α-hetero) is 1. The van der Waals surface area contributed by atoms with Gasteiger partial charge in [0.1, 0.15) is 17.1 Å². The highest BCUT2D eigenvalue weighted by molar-refractivity contribution is 6.44. The van der Waals surface area contributed by atoms with Crippen LogP contribution in [-0.4, -0.2) is 46.6 Å². The van der Waals surface area contributed by atoms with Gasteiger partial charge in [0.15, 0.2) is 0 Å². The summed E-state index contributed by atoms with van der Waals surface area (Å²) in [5.74, 6) is -7.12. The largest absolute Gasteiger partial charge is 0.357 e. The molecule has 2 heterocycles. The maximum Gasteiger partial charge on any atom is 0.293 e. The molecule has 2 fully saturated rings. The van der Waals surface area contributed by atoms with Crippen molar-refractivity contribution in [3.8, 4) is 0 Å². The van der Waals surface area contributed by atoms with Crippen molar-refractivity contribution >= 4 is 40.8 Å². The van der Waals surface area contributed by atoms with Gasteiger partial charge in [-0.15, -0.1) is 0 Å². The third-order valence-corrected chi connectivity index (χ3v) is 7.49. The number of hydrogen-bond acceptors (Lipinski definition) is 4. The number of hydrogen-bond donors (Lipinski definition) is 3. The van der Waals surface area contributed by atoms with E-state index >= 15 is 0 Å². The topological polar surface area (TPSA) is 109 Å². The second-order valence-electron chi connectivity index (χ2n) is 9.68. The van der Waals surface area contributed by atoms with E-state index in [1.807, 2.05) is 0 Å². The van der Waals surface area contributed by atoms with E-state index in [0.29, 0.717) is 12.2 Å². The second kappa shape index (κ2) is 8.09. The number of amides is 3. The van der Waals surface area contributed by atoms with Crippen LogP contribution in [0.1, 0.15) is 57.3 Å². The van der Waals surface area contributed by atoms with Crippen LogP contribution in [0, 0.1) is 18.7 Å². The molecule has 1 aromatic heterocycles. The molecule has 3 N–H and O–H groups in total. The van der Waals surface area contributed by atoms with Gasteiger partial charge < -0.3 is 20.5 Å². The zero-order valence-corrected chi connectivity index (χ0v) is 20.1. The SMILES string of the molecule is CNC(=O)C1(NC(=O)C(=O)c2c(C)c(C(=O)Nc3ccc(F)c(Cl)c3)n3c2C2CC2C3)CC(F)(F)C1. The minimum atomic E-state index is -3.13. The average Bonchev–Trinajstić information content (AvgIpc) is 3.36. The predicted molar refractivity (Wildman–Crippen MR) is 123 cm³/mol. The van der Waals surface area contributed by atoms with Gasteiger partial charge >= 0.3 is 0 Å². The summed E-state index contributed by atoms with van der Waals surface area (Å²) in [6.07, 6.45) is -1.03. The Labute approximate surface area is 208 Å². The first-order valence-electron chi connectivity index (χ1n) is 11.3. The first-order chi connectivity index (χ1) is 16.9. The smallest absolute Gasteiger partial charge is 0.293 e. The van der Waals surface area contributed by atoms with E-state index < -0.39 is 53.6 Å². The van der Waals surface area contributed by atoms with Crippen molar-refractivity contribution in [2.45, 2.75) is 50.1 Å². The number of carbonyl (C=O) groups excluding carboxylic acids is 4. The quantitative estimate of drug-likeness (QED) is 0.400. The van der Waals surface area contributed by atoms with Crippen LogP contribution in [0.2, 0.25) is 5.02 Å². The molecule has 8 nitrogen and oxygen atoms in total. The molecule has 2 atom stereocenters. The highest BCUT2D eigenvalue weighted by Gasteiger charge is 2.62. The number of halogens is 4. The van der Waals surface area contributed by atoms with Gasteiger partial charge in [-0.3, -0.25) is 19.2 Å². The highest BCUT2D eigenvalue weighted by atomic mass is 35.5. The Morgan fingerprint density at radius 3 is 2.47 bits per heavy atom. The van der Waals surface area contributed by atoms with Gasteiger partial charge in [-0.1, -0.05) is 11.6 Å². The molecule has 190 valence electrons. The third-order valence-electron chi connectivity index (χ3n) is 7.20. The molecule has 0 spiro atoms. The van der Waals surface area contributed by atoms with Crippen LogP contribution in [0.3, 0.4) is 0 Å².